The minimum atomic E-state index is -2.56. The average Bonchev–Trinajstić information content (AvgIpc) is 2.08. The van der Waals surface area contributed by atoms with Gasteiger partial charge < -0.3 is 0 Å². The van der Waals surface area contributed by atoms with Crippen LogP contribution in [0.25, 0.3) is 0 Å². The molecular formula is C8H7NO2S2. The Bertz CT molecular complexity index is 437. The van der Waals surface area contributed by atoms with Gasteiger partial charge >= 0.3 is 0 Å². The van der Waals surface area contributed by atoms with E-state index in [-0.39, 0.29) is 4.90 Å². The quantitative estimate of drug-likeness (QED) is 0.462. The van der Waals surface area contributed by atoms with Gasteiger partial charge in [0.25, 0.3) is 0 Å². The zero-order valence-electron chi connectivity index (χ0n) is 6.85. The van der Waals surface area contributed by atoms with Crippen LogP contribution in [0.2, 0.25) is 0 Å². The molecule has 0 aliphatic heterocycles. The maximum Gasteiger partial charge on any atom is 0.168 e. The van der Waals surface area contributed by atoms with Crippen molar-refractivity contribution in [1.29, 1.82) is 0 Å². The van der Waals surface area contributed by atoms with Gasteiger partial charge in [-0.05, 0) is 36.8 Å². The molecule has 1 aromatic carbocycles. The van der Waals surface area contributed by atoms with Crippen molar-refractivity contribution in [2.45, 2.75) is 11.8 Å². The summed E-state index contributed by atoms with van der Waals surface area (Å²) in [5.74, 6) is 0. The van der Waals surface area contributed by atoms with Crippen LogP contribution in [0.5, 0.6) is 0 Å². The summed E-state index contributed by atoms with van der Waals surface area (Å²) < 4.78 is 21.2. The van der Waals surface area contributed by atoms with Gasteiger partial charge in [0.2, 0.25) is 0 Å². The van der Waals surface area contributed by atoms with Crippen LogP contribution in [0.4, 0.5) is 5.69 Å². The van der Waals surface area contributed by atoms with E-state index in [1.165, 1.54) is 12.1 Å². The zero-order chi connectivity index (χ0) is 9.84. The Morgan fingerprint density at radius 2 is 2.15 bits per heavy atom. The second-order valence-corrected chi connectivity index (χ2v) is 3.64. The van der Waals surface area contributed by atoms with Crippen LogP contribution in [0.1, 0.15) is 5.56 Å². The molecule has 5 heteroatoms. The SMILES string of the molecule is Cc1ccc([SH](=O)=O)cc1N=C=S. The molecule has 68 valence electrons. The summed E-state index contributed by atoms with van der Waals surface area (Å²) in [4.78, 5) is 3.99. The van der Waals surface area contributed by atoms with E-state index in [0.717, 1.165) is 5.56 Å². The molecule has 1 aromatic rings. The summed E-state index contributed by atoms with van der Waals surface area (Å²) in [6, 6.07) is 4.69. The molecule has 0 aromatic heterocycles. The fourth-order valence-corrected chi connectivity index (χ4v) is 1.40. The average molecular weight is 213 g/mol. The molecule has 0 spiro atoms. The molecule has 1 rings (SSSR count). The molecule has 0 aliphatic carbocycles. The van der Waals surface area contributed by atoms with Crippen LogP contribution in [-0.2, 0) is 10.7 Å². The number of benzene rings is 1. The smallest absolute Gasteiger partial charge is 0.168 e. The van der Waals surface area contributed by atoms with E-state index in [0.29, 0.717) is 5.69 Å². The Morgan fingerprint density at radius 1 is 1.46 bits per heavy atom. The van der Waals surface area contributed by atoms with E-state index in [9.17, 15) is 8.42 Å². The number of aliphatic imine (C=N–C) groups is 1. The molecule has 0 atom stereocenters. The summed E-state index contributed by atoms with van der Waals surface area (Å²) in [5, 5.41) is 2.20. The van der Waals surface area contributed by atoms with Gasteiger partial charge in [0.1, 0.15) is 0 Å². The first-order valence-corrected chi connectivity index (χ1v) is 5.06. The number of hydrogen-bond donors (Lipinski definition) is 1. The zero-order valence-corrected chi connectivity index (χ0v) is 8.56. The molecule has 0 fully saturated rings. The lowest BCUT2D eigenvalue weighted by Crippen LogP contribution is -1.81. The molecule has 13 heavy (non-hydrogen) atoms. The number of isothiocyanates is 1. The normalized spacial score (nSPS) is 9.69. The first-order valence-electron chi connectivity index (χ1n) is 3.48. The number of thiol groups is 1. The van der Waals surface area contributed by atoms with Crippen molar-refractivity contribution in [2.75, 3.05) is 0 Å². The molecule has 0 radical (unpaired) electrons. The third kappa shape index (κ3) is 2.45. The Balaban J connectivity index is 3.34. The number of hydrogen-bond acceptors (Lipinski definition) is 4. The van der Waals surface area contributed by atoms with E-state index in [1.807, 2.05) is 6.92 Å². The van der Waals surface area contributed by atoms with Gasteiger partial charge in [0, 0.05) is 0 Å². The van der Waals surface area contributed by atoms with Gasteiger partial charge in [-0.3, -0.25) is 0 Å². The van der Waals surface area contributed by atoms with Crippen molar-refractivity contribution in [3.8, 4) is 0 Å². The predicted octanol–water partition coefficient (Wildman–Crippen LogP) is 1.70. The Morgan fingerprint density at radius 3 is 2.69 bits per heavy atom. The maximum absolute atomic E-state index is 10.6. The molecule has 0 N–H and O–H groups in total. The first-order chi connectivity index (χ1) is 6.15. The van der Waals surface area contributed by atoms with Gasteiger partial charge in [-0.2, -0.15) is 4.99 Å². The van der Waals surface area contributed by atoms with E-state index in [1.54, 1.807) is 6.07 Å². The molecule has 0 bridgehead atoms. The summed E-state index contributed by atoms with van der Waals surface area (Å²) in [6.45, 7) is 1.83. The van der Waals surface area contributed by atoms with E-state index in [2.05, 4.69) is 22.4 Å². The van der Waals surface area contributed by atoms with Crippen molar-refractivity contribution >= 4 is 33.8 Å². The Labute approximate surface area is 83.1 Å². The molecule has 0 heterocycles. The molecule has 0 saturated heterocycles. The van der Waals surface area contributed by atoms with Crippen LogP contribution in [-0.4, -0.2) is 13.6 Å². The second kappa shape index (κ2) is 4.28. The van der Waals surface area contributed by atoms with Crippen molar-refractivity contribution < 1.29 is 8.42 Å². The second-order valence-electron chi connectivity index (χ2n) is 2.43. The van der Waals surface area contributed by atoms with Crippen LogP contribution in [0, 0.1) is 6.92 Å². The minimum absolute atomic E-state index is 0.240. The molecule has 0 amide bonds. The predicted molar refractivity (Wildman–Crippen MR) is 54.4 cm³/mol. The van der Waals surface area contributed by atoms with Crippen molar-refractivity contribution in [2.24, 2.45) is 4.99 Å². The summed E-state index contributed by atoms with van der Waals surface area (Å²) >= 11 is 4.43. The van der Waals surface area contributed by atoms with Crippen molar-refractivity contribution in [3.05, 3.63) is 23.8 Å². The van der Waals surface area contributed by atoms with E-state index < -0.39 is 10.7 Å². The van der Waals surface area contributed by atoms with Crippen molar-refractivity contribution in [3.63, 3.8) is 0 Å². The lowest BCUT2D eigenvalue weighted by Gasteiger charge is -1.97. The molecule has 0 saturated carbocycles. The molecule has 0 unspecified atom stereocenters. The highest BCUT2D eigenvalue weighted by molar-refractivity contribution is 7.78. The van der Waals surface area contributed by atoms with Gasteiger partial charge in [-0.1, -0.05) is 6.07 Å². The van der Waals surface area contributed by atoms with Gasteiger partial charge in [0.15, 0.2) is 10.7 Å². The largest absolute Gasteiger partial charge is 0.227 e. The summed E-state index contributed by atoms with van der Waals surface area (Å²) in [6.07, 6.45) is 0. The number of aryl methyl sites for hydroxylation is 1. The third-order valence-electron chi connectivity index (χ3n) is 1.57. The Kier molecular flexibility index (Phi) is 3.31. The molecule has 0 aliphatic rings. The topological polar surface area (TPSA) is 46.5 Å². The van der Waals surface area contributed by atoms with Crippen LogP contribution < -0.4 is 0 Å². The number of nitrogens with zero attached hydrogens (tertiary/aromatic N) is 1. The number of thiocarbonyl (C=S) groups is 1. The molecular weight excluding hydrogens is 206 g/mol. The lowest BCUT2D eigenvalue weighted by atomic mass is 10.2. The van der Waals surface area contributed by atoms with Gasteiger partial charge in [-0.15, -0.1) is 0 Å². The molecule has 3 nitrogen and oxygen atoms in total. The van der Waals surface area contributed by atoms with Crippen LogP contribution in [0.15, 0.2) is 28.1 Å². The highest BCUT2D eigenvalue weighted by Gasteiger charge is 1.99. The van der Waals surface area contributed by atoms with Gasteiger partial charge in [0.05, 0.1) is 15.7 Å². The van der Waals surface area contributed by atoms with Crippen LogP contribution >= 0.6 is 12.2 Å². The monoisotopic (exact) mass is 213 g/mol. The number of rotatable bonds is 2. The first kappa shape index (κ1) is 10.1. The lowest BCUT2D eigenvalue weighted by molar-refractivity contribution is 0.614. The summed E-state index contributed by atoms with van der Waals surface area (Å²) in [5.41, 5.74) is 1.42. The standard InChI is InChI=1S/C8H7NO2S2/c1-6-2-3-7(13(10)11)4-8(6)9-5-12/h2-4,13H,1H3. The Hall–Kier alpha value is -1.03. The van der Waals surface area contributed by atoms with Gasteiger partial charge in [-0.25, -0.2) is 8.42 Å². The van der Waals surface area contributed by atoms with E-state index >= 15 is 0 Å². The fourth-order valence-electron chi connectivity index (χ4n) is 0.881. The highest BCUT2D eigenvalue weighted by atomic mass is 32.2. The fraction of sp³-hybridized carbons (Fsp3) is 0.125. The van der Waals surface area contributed by atoms with Crippen molar-refractivity contribution in [1.82, 2.24) is 0 Å². The summed E-state index contributed by atoms with van der Waals surface area (Å²) in [7, 11) is -2.56. The highest BCUT2D eigenvalue weighted by Crippen LogP contribution is 2.19. The third-order valence-corrected chi connectivity index (χ3v) is 2.36. The minimum Gasteiger partial charge on any atom is -0.227 e. The van der Waals surface area contributed by atoms with Crippen LogP contribution in [0.3, 0.4) is 0 Å². The van der Waals surface area contributed by atoms with E-state index in [4.69, 9.17) is 0 Å². The maximum atomic E-state index is 10.6.